The van der Waals surface area contributed by atoms with Crippen molar-refractivity contribution in [3.63, 3.8) is 0 Å². The van der Waals surface area contributed by atoms with Crippen molar-refractivity contribution in [3.8, 4) is 0 Å². The minimum Gasteiger partial charge on any atom is -0.364 e. The maximum atomic E-state index is 6.27. The third kappa shape index (κ3) is 3.09. The van der Waals surface area contributed by atoms with E-state index in [-0.39, 0.29) is 0 Å². The van der Waals surface area contributed by atoms with E-state index in [0.29, 0.717) is 6.61 Å². The summed E-state index contributed by atoms with van der Waals surface area (Å²) in [5.74, 6) is 0. The fourth-order valence-corrected chi connectivity index (χ4v) is 2.67. The topological polar surface area (TPSA) is 12.5 Å². The molecule has 2 aromatic rings. The average molecular weight is 269 g/mol. The first-order valence-corrected chi connectivity index (χ1v) is 7.09. The van der Waals surface area contributed by atoms with Gasteiger partial charge < -0.3 is 9.64 Å². The molecule has 2 nitrogen and oxygen atoms in total. The lowest BCUT2D eigenvalue weighted by Crippen LogP contribution is -2.41. The van der Waals surface area contributed by atoms with Crippen LogP contribution in [0.4, 0.5) is 0 Å². The lowest BCUT2D eigenvalue weighted by molar-refractivity contribution is -0.0276. The molecular formula is C18H23NO. The highest BCUT2D eigenvalue weighted by Gasteiger charge is 2.35. The Hall–Kier alpha value is -1.64. The predicted molar refractivity (Wildman–Crippen MR) is 83.8 cm³/mol. The highest BCUT2D eigenvalue weighted by Crippen LogP contribution is 2.34. The summed E-state index contributed by atoms with van der Waals surface area (Å²) in [7, 11) is 4.17. The van der Waals surface area contributed by atoms with Crippen LogP contribution in [0.3, 0.4) is 0 Å². The molecule has 0 amide bonds. The van der Waals surface area contributed by atoms with E-state index in [0.717, 1.165) is 6.54 Å². The molecule has 0 radical (unpaired) electrons. The van der Waals surface area contributed by atoms with Crippen molar-refractivity contribution in [2.24, 2.45) is 0 Å². The second-order valence-corrected chi connectivity index (χ2v) is 5.23. The quantitative estimate of drug-likeness (QED) is 0.795. The van der Waals surface area contributed by atoms with E-state index in [1.807, 2.05) is 12.1 Å². The molecule has 20 heavy (non-hydrogen) atoms. The zero-order chi connectivity index (χ0) is 14.4. The van der Waals surface area contributed by atoms with Crippen molar-refractivity contribution in [2.75, 3.05) is 27.2 Å². The van der Waals surface area contributed by atoms with Gasteiger partial charge in [0, 0.05) is 13.2 Å². The van der Waals surface area contributed by atoms with E-state index in [1.54, 1.807) is 0 Å². The molecule has 2 rings (SSSR count). The first-order chi connectivity index (χ1) is 9.69. The Morgan fingerprint density at radius 3 is 1.65 bits per heavy atom. The first-order valence-electron chi connectivity index (χ1n) is 7.09. The molecule has 0 fully saturated rings. The molecule has 0 aliphatic carbocycles. The Morgan fingerprint density at radius 2 is 1.30 bits per heavy atom. The van der Waals surface area contributed by atoms with Gasteiger partial charge in [-0.3, -0.25) is 0 Å². The monoisotopic (exact) mass is 269 g/mol. The highest BCUT2D eigenvalue weighted by atomic mass is 16.5. The van der Waals surface area contributed by atoms with E-state index in [2.05, 4.69) is 74.4 Å². The predicted octanol–water partition coefficient (Wildman–Crippen LogP) is 3.53. The average Bonchev–Trinajstić information content (AvgIpc) is 2.48. The summed E-state index contributed by atoms with van der Waals surface area (Å²) in [5.41, 5.74) is 1.98. The van der Waals surface area contributed by atoms with Gasteiger partial charge in [-0.05, 0) is 32.1 Å². The van der Waals surface area contributed by atoms with Gasteiger partial charge in [0.05, 0.1) is 0 Å². The van der Waals surface area contributed by atoms with E-state index in [1.165, 1.54) is 11.1 Å². The van der Waals surface area contributed by atoms with E-state index in [4.69, 9.17) is 4.74 Å². The van der Waals surface area contributed by atoms with Crippen molar-refractivity contribution in [1.82, 2.24) is 4.90 Å². The third-order valence-corrected chi connectivity index (χ3v) is 3.41. The Kier molecular flexibility index (Phi) is 4.94. The van der Waals surface area contributed by atoms with Gasteiger partial charge in [-0.1, -0.05) is 60.7 Å². The number of benzene rings is 2. The fourth-order valence-electron chi connectivity index (χ4n) is 2.67. The van der Waals surface area contributed by atoms with Crippen LogP contribution in [0.25, 0.3) is 0 Å². The number of likely N-dealkylation sites (N-methyl/N-ethyl adjacent to an activating group) is 1. The summed E-state index contributed by atoms with van der Waals surface area (Å²) in [6, 6.07) is 20.9. The summed E-state index contributed by atoms with van der Waals surface area (Å²) in [4.78, 5) is 2.18. The van der Waals surface area contributed by atoms with E-state index in [9.17, 15) is 0 Å². The Morgan fingerprint density at radius 1 is 0.850 bits per heavy atom. The van der Waals surface area contributed by atoms with E-state index >= 15 is 0 Å². The molecule has 0 saturated heterocycles. The molecule has 0 heterocycles. The van der Waals surface area contributed by atoms with Gasteiger partial charge in [0.15, 0.2) is 0 Å². The maximum absolute atomic E-state index is 6.27. The third-order valence-electron chi connectivity index (χ3n) is 3.41. The number of rotatable bonds is 6. The summed E-state index contributed by atoms with van der Waals surface area (Å²) >= 11 is 0. The Bertz CT molecular complexity index is 468. The van der Waals surface area contributed by atoms with Crippen LogP contribution in [0.5, 0.6) is 0 Å². The molecule has 2 heteroatoms. The second kappa shape index (κ2) is 6.69. The molecule has 0 bridgehead atoms. The highest BCUT2D eigenvalue weighted by molar-refractivity contribution is 5.37. The lowest BCUT2D eigenvalue weighted by Gasteiger charge is -2.37. The fraction of sp³-hybridized carbons (Fsp3) is 0.333. The van der Waals surface area contributed by atoms with Crippen LogP contribution in [0.1, 0.15) is 18.1 Å². The van der Waals surface area contributed by atoms with Gasteiger partial charge in [0.1, 0.15) is 5.60 Å². The molecule has 0 aliphatic heterocycles. The maximum Gasteiger partial charge on any atom is 0.131 e. The first kappa shape index (κ1) is 14.8. The van der Waals surface area contributed by atoms with Crippen molar-refractivity contribution in [2.45, 2.75) is 12.5 Å². The van der Waals surface area contributed by atoms with Gasteiger partial charge in [0.25, 0.3) is 0 Å². The summed E-state index contributed by atoms with van der Waals surface area (Å²) in [6.45, 7) is 3.54. The smallest absolute Gasteiger partial charge is 0.131 e. The molecule has 0 saturated carbocycles. The zero-order valence-corrected chi connectivity index (χ0v) is 12.5. The van der Waals surface area contributed by atoms with Gasteiger partial charge in [-0.15, -0.1) is 0 Å². The molecule has 0 spiro atoms. The Balaban J connectivity index is 2.56. The molecule has 2 aromatic carbocycles. The molecule has 0 aromatic heterocycles. The molecule has 0 N–H and O–H groups in total. The molecule has 0 unspecified atom stereocenters. The second-order valence-electron chi connectivity index (χ2n) is 5.23. The summed E-state index contributed by atoms with van der Waals surface area (Å²) < 4.78 is 6.27. The van der Waals surface area contributed by atoms with Gasteiger partial charge in [-0.25, -0.2) is 0 Å². The van der Waals surface area contributed by atoms with Gasteiger partial charge >= 0.3 is 0 Å². The molecule has 0 atom stereocenters. The van der Waals surface area contributed by atoms with Crippen molar-refractivity contribution in [3.05, 3.63) is 71.8 Å². The van der Waals surface area contributed by atoms with Crippen molar-refractivity contribution in [1.29, 1.82) is 0 Å². The normalized spacial score (nSPS) is 11.8. The van der Waals surface area contributed by atoms with Crippen LogP contribution < -0.4 is 0 Å². The van der Waals surface area contributed by atoms with Crippen molar-refractivity contribution >= 4 is 0 Å². The Labute approximate surface area is 122 Å². The van der Waals surface area contributed by atoms with Gasteiger partial charge in [-0.2, -0.15) is 0 Å². The van der Waals surface area contributed by atoms with Crippen LogP contribution in [0.15, 0.2) is 60.7 Å². The molecule has 106 valence electrons. The zero-order valence-electron chi connectivity index (χ0n) is 12.5. The van der Waals surface area contributed by atoms with Crippen LogP contribution in [0.2, 0.25) is 0 Å². The van der Waals surface area contributed by atoms with Crippen LogP contribution in [0, 0.1) is 0 Å². The number of ether oxygens (including phenoxy) is 1. The lowest BCUT2D eigenvalue weighted by atomic mass is 9.85. The van der Waals surface area contributed by atoms with Gasteiger partial charge in [0.2, 0.25) is 0 Å². The summed E-state index contributed by atoms with van der Waals surface area (Å²) in [5, 5.41) is 0. The number of hydrogen-bond donors (Lipinski definition) is 0. The van der Waals surface area contributed by atoms with E-state index < -0.39 is 5.60 Å². The molecular weight excluding hydrogens is 246 g/mol. The standard InChI is InChI=1S/C18H23NO/c1-4-20-18(15-19(2)3,16-11-7-5-8-12-16)17-13-9-6-10-14-17/h5-14H,4,15H2,1-3H3. The van der Waals surface area contributed by atoms with Crippen LogP contribution in [-0.4, -0.2) is 32.1 Å². The largest absolute Gasteiger partial charge is 0.364 e. The number of nitrogens with zero attached hydrogens (tertiary/aromatic N) is 1. The minimum absolute atomic E-state index is 0.416. The SMILES string of the molecule is CCOC(CN(C)C)(c1ccccc1)c1ccccc1. The molecule has 0 aliphatic rings. The van der Waals surface area contributed by atoms with Crippen LogP contribution >= 0.6 is 0 Å². The minimum atomic E-state index is -0.416. The van der Waals surface area contributed by atoms with Crippen molar-refractivity contribution < 1.29 is 4.74 Å². The summed E-state index contributed by atoms with van der Waals surface area (Å²) in [6.07, 6.45) is 0. The van der Waals surface area contributed by atoms with Crippen LogP contribution in [-0.2, 0) is 10.3 Å². The number of hydrogen-bond acceptors (Lipinski definition) is 2.